The van der Waals surface area contributed by atoms with Crippen LogP contribution in [0.2, 0.25) is 0 Å². The van der Waals surface area contributed by atoms with E-state index in [1.54, 1.807) is 7.11 Å². The lowest BCUT2D eigenvalue weighted by atomic mass is 10.2. The third-order valence-electron chi connectivity index (χ3n) is 2.87. The van der Waals surface area contributed by atoms with Crippen molar-refractivity contribution in [2.75, 3.05) is 26.8 Å². The summed E-state index contributed by atoms with van der Waals surface area (Å²) in [6, 6.07) is 7.85. The second-order valence-corrected chi connectivity index (χ2v) is 4.68. The number of nitrogens with zero attached hydrogens (tertiary/aromatic N) is 1. The van der Waals surface area contributed by atoms with E-state index in [4.69, 9.17) is 9.84 Å². The minimum Gasteiger partial charge on any atom is -0.496 e. The molecule has 0 bridgehead atoms. The lowest BCUT2D eigenvalue weighted by Crippen LogP contribution is -2.39. The molecule has 120 valence electrons. The average Bonchev–Trinajstić information content (AvgIpc) is 2.49. The molecule has 1 aromatic carbocycles. The van der Waals surface area contributed by atoms with Gasteiger partial charge in [0.2, 0.25) is 0 Å². The molecule has 0 saturated heterocycles. The van der Waals surface area contributed by atoms with E-state index in [1.165, 1.54) is 0 Å². The van der Waals surface area contributed by atoms with Crippen molar-refractivity contribution in [3.8, 4) is 5.75 Å². The van der Waals surface area contributed by atoms with Crippen LogP contribution < -0.4 is 15.4 Å². The highest BCUT2D eigenvalue weighted by molar-refractivity contribution is 14.0. The zero-order valence-electron chi connectivity index (χ0n) is 12.9. The van der Waals surface area contributed by atoms with Gasteiger partial charge in [-0.2, -0.15) is 0 Å². The molecule has 0 aliphatic carbocycles. The molecule has 1 unspecified atom stereocenters. The van der Waals surface area contributed by atoms with Gasteiger partial charge in [-0.25, -0.2) is 4.99 Å². The first-order valence-electron chi connectivity index (χ1n) is 6.96. The maximum atomic E-state index is 9.04. The van der Waals surface area contributed by atoms with Crippen LogP contribution in [0, 0.1) is 5.92 Å². The summed E-state index contributed by atoms with van der Waals surface area (Å²) < 4.78 is 5.31. The van der Waals surface area contributed by atoms with Gasteiger partial charge < -0.3 is 20.5 Å². The first-order chi connectivity index (χ1) is 9.71. The van der Waals surface area contributed by atoms with Gasteiger partial charge in [0, 0.05) is 25.3 Å². The Balaban J connectivity index is 0.00000400. The summed E-state index contributed by atoms with van der Waals surface area (Å²) in [6.07, 6.45) is 0. The Morgan fingerprint density at radius 3 is 2.67 bits per heavy atom. The van der Waals surface area contributed by atoms with Crippen LogP contribution >= 0.6 is 24.0 Å². The van der Waals surface area contributed by atoms with Crippen molar-refractivity contribution >= 4 is 29.9 Å². The number of hydrogen-bond acceptors (Lipinski definition) is 3. The standard InChI is InChI=1S/C15H25N3O2.HI/c1-4-16-15(17-9-12(2)11-19)18-10-13-7-5-6-8-14(13)20-3;/h5-8,12,19H,4,9-11H2,1-3H3,(H2,16,17,18);1H. The molecule has 0 heterocycles. The molecule has 0 aromatic heterocycles. The molecule has 0 amide bonds. The van der Waals surface area contributed by atoms with E-state index in [2.05, 4.69) is 15.6 Å². The number of halogens is 1. The van der Waals surface area contributed by atoms with Gasteiger partial charge in [-0.1, -0.05) is 25.1 Å². The van der Waals surface area contributed by atoms with Gasteiger partial charge >= 0.3 is 0 Å². The zero-order chi connectivity index (χ0) is 14.8. The van der Waals surface area contributed by atoms with Gasteiger partial charge in [0.15, 0.2) is 5.96 Å². The van der Waals surface area contributed by atoms with E-state index in [-0.39, 0.29) is 36.5 Å². The molecule has 0 saturated carbocycles. The molecule has 6 heteroatoms. The van der Waals surface area contributed by atoms with Crippen LogP contribution in [0.5, 0.6) is 5.75 Å². The Kier molecular flexibility index (Phi) is 11.1. The fourth-order valence-corrected chi connectivity index (χ4v) is 1.68. The van der Waals surface area contributed by atoms with Crippen molar-refractivity contribution in [3.63, 3.8) is 0 Å². The van der Waals surface area contributed by atoms with Crippen LogP contribution in [0.1, 0.15) is 19.4 Å². The van der Waals surface area contributed by atoms with Gasteiger partial charge in [0.25, 0.3) is 0 Å². The van der Waals surface area contributed by atoms with E-state index < -0.39 is 0 Å². The van der Waals surface area contributed by atoms with Crippen LogP contribution in [0.25, 0.3) is 0 Å². The Labute approximate surface area is 144 Å². The minimum atomic E-state index is 0. The Morgan fingerprint density at radius 1 is 1.33 bits per heavy atom. The highest BCUT2D eigenvalue weighted by atomic mass is 127. The first kappa shape index (κ1) is 20.0. The van der Waals surface area contributed by atoms with E-state index in [0.717, 1.165) is 23.8 Å². The summed E-state index contributed by atoms with van der Waals surface area (Å²) in [5.74, 6) is 1.79. The van der Waals surface area contributed by atoms with Crippen molar-refractivity contribution in [3.05, 3.63) is 29.8 Å². The summed E-state index contributed by atoms with van der Waals surface area (Å²) in [7, 11) is 1.66. The molecule has 0 aliphatic heterocycles. The SMILES string of the molecule is CCNC(=NCc1ccccc1OC)NCC(C)CO.I. The third-order valence-corrected chi connectivity index (χ3v) is 2.87. The molecule has 3 N–H and O–H groups in total. The topological polar surface area (TPSA) is 65.9 Å². The number of guanidine groups is 1. The van der Waals surface area contributed by atoms with Crippen LogP contribution in [0.15, 0.2) is 29.3 Å². The number of aliphatic hydroxyl groups excluding tert-OH is 1. The normalized spacial score (nSPS) is 12.3. The Hall–Kier alpha value is -1.02. The number of para-hydroxylation sites is 1. The molecule has 1 atom stereocenters. The maximum Gasteiger partial charge on any atom is 0.191 e. The number of nitrogens with one attached hydrogen (secondary N) is 2. The number of hydrogen-bond donors (Lipinski definition) is 3. The number of methoxy groups -OCH3 is 1. The number of aliphatic imine (C=N–C) groups is 1. The smallest absolute Gasteiger partial charge is 0.191 e. The zero-order valence-corrected chi connectivity index (χ0v) is 15.3. The van der Waals surface area contributed by atoms with Crippen LogP contribution in [-0.4, -0.2) is 37.9 Å². The van der Waals surface area contributed by atoms with Crippen molar-refractivity contribution in [2.45, 2.75) is 20.4 Å². The van der Waals surface area contributed by atoms with E-state index in [9.17, 15) is 0 Å². The molecule has 21 heavy (non-hydrogen) atoms. The van der Waals surface area contributed by atoms with E-state index >= 15 is 0 Å². The highest BCUT2D eigenvalue weighted by Crippen LogP contribution is 2.17. The molecule has 0 aliphatic rings. The summed E-state index contributed by atoms with van der Waals surface area (Å²) in [5.41, 5.74) is 1.04. The van der Waals surface area contributed by atoms with Crippen LogP contribution in [-0.2, 0) is 6.54 Å². The van der Waals surface area contributed by atoms with Crippen LogP contribution in [0.3, 0.4) is 0 Å². The van der Waals surface area contributed by atoms with Gasteiger partial charge in [-0.15, -0.1) is 24.0 Å². The molecule has 1 aromatic rings. The second kappa shape index (κ2) is 11.6. The summed E-state index contributed by atoms with van der Waals surface area (Å²) in [5, 5.41) is 15.4. The predicted molar refractivity (Wildman–Crippen MR) is 97.5 cm³/mol. The molecule has 0 radical (unpaired) electrons. The summed E-state index contributed by atoms with van der Waals surface area (Å²) >= 11 is 0. The molecular formula is C15H26IN3O2. The fourth-order valence-electron chi connectivity index (χ4n) is 1.68. The fraction of sp³-hybridized carbons (Fsp3) is 0.533. The number of rotatable bonds is 7. The lowest BCUT2D eigenvalue weighted by molar-refractivity contribution is 0.238. The van der Waals surface area contributed by atoms with Gasteiger partial charge in [0.1, 0.15) is 5.75 Å². The van der Waals surface area contributed by atoms with Crippen molar-refractivity contribution < 1.29 is 9.84 Å². The van der Waals surface area contributed by atoms with Crippen LogP contribution in [0.4, 0.5) is 0 Å². The predicted octanol–water partition coefficient (Wildman–Crippen LogP) is 2.00. The van der Waals surface area contributed by atoms with E-state index in [1.807, 2.05) is 38.1 Å². The molecule has 5 nitrogen and oxygen atoms in total. The number of ether oxygens (including phenoxy) is 1. The Bertz CT molecular complexity index is 427. The molecule has 1 rings (SSSR count). The summed E-state index contributed by atoms with van der Waals surface area (Å²) in [4.78, 5) is 4.53. The van der Waals surface area contributed by atoms with Crippen molar-refractivity contribution in [1.29, 1.82) is 0 Å². The molecular weight excluding hydrogens is 381 g/mol. The quantitative estimate of drug-likeness (QED) is 0.368. The number of aliphatic hydroxyl groups is 1. The van der Waals surface area contributed by atoms with Gasteiger partial charge in [-0.3, -0.25) is 0 Å². The summed E-state index contributed by atoms with van der Waals surface area (Å²) in [6.45, 7) is 6.21. The monoisotopic (exact) mass is 407 g/mol. The van der Waals surface area contributed by atoms with Gasteiger partial charge in [0.05, 0.1) is 13.7 Å². The molecule has 0 spiro atoms. The second-order valence-electron chi connectivity index (χ2n) is 4.68. The average molecular weight is 407 g/mol. The number of benzene rings is 1. The first-order valence-corrected chi connectivity index (χ1v) is 6.96. The van der Waals surface area contributed by atoms with Crippen molar-refractivity contribution in [1.82, 2.24) is 10.6 Å². The van der Waals surface area contributed by atoms with E-state index in [0.29, 0.717) is 13.1 Å². The molecule has 0 fully saturated rings. The highest BCUT2D eigenvalue weighted by Gasteiger charge is 2.04. The minimum absolute atomic E-state index is 0. The maximum absolute atomic E-state index is 9.04. The third kappa shape index (κ3) is 7.52. The van der Waals surface area contributed by atoms with Crippen molar-refractivity contribution in [2.24, 2.45) is 10.9 Å². The van der Waals surface area contributed by atoms with Gasteiger partial charge in [-0.05, 0) is 18.9 Å². The Morgan fingerprint density at radius 2 is 2.05 bits per heavy atom. The lowest BCUT2D eigenvalue weighted by Gasteiger charge is -2.14. The largest absolute Gasteiger partial charge is 0.496 e.